The highest BCUT2D eigenvalue weighted by Gasteiger charge is 2.34. The summed E-state index contributed by atoms with van der Waals surface area (Å²) >= 11 is 0. The van der Waals surface area contributed by atoms with Crippen LogP contribution < -0.4 is 5.32 Å². The molecule has 1 saturated heterocycles. The zero-order chi connectivity index (χ0) is 20.3. The summed E-state index contributed by atoms with van der Waals surface area (Å²) in [6.07, 6.45) is 0.437. The first-order valence-corrected chi connectivity index (χ1v) is 10.8. The van der Waals surface area contributed by atoms with Gasteiger partial charge in [-0.25, -0.2) is 18.4 Å². The maximum absolute atomic E-state index is 13.0. The Labute approximate surface area is 164 Å². The van der Waals surface area contributed by atoms with Crippen molar-refractivity contribution in [3.05, 3.63) is 47.4 Å². The van der Waals surface area contributed by atoms with Crippen molar-refractivity contribution in [2.45, 2.75) is 26.3 Å². The zero-order valence-corrected chi connectivity index (χ0v) is 16.5. The first-order chi connectivity index (χ1) is 13.3. The van der Waals surface area contributed by atoms with E-state index >= 15 is 0 Å². The molecule has 2 heterocycles. The van der Waals surface area contributed by atoms with Crippen LogP contribution in [0.5, 0.6) is 0 Å². The molecule has 1 amide bonds. The van der Waals surface area contributed by atoms with Crippen LogP contribution in [0.3, 0.4) is 0 Å². The number of aryl methyl sites for hydroxylation is 1. The Kier molecular flexibility index (Phi) is 5.61. The van der Waals surface area contributed by atoms with Crippen LogP contribution in [0.15, 0.2) is 30.3 Å². The molecule has 1 aromatic carbocycles. The molecular weight excluding hydrogens is 378 g/mol. The van der Waals surface area contributed by atoms with Crippen molar-refractivity contribution in [2.75, 3.05) is 23.4 Å². The van der Waals surface area contributed by atoms with Crippen LogP contribution in [0, 0.1) is 18.3 Å². The van der Waals surface area contributed by atoms with E-state index in [0.717, 1.165) is 0 Å². The third-order valence-corrected chi connectivity index (χ3v) is 6.37. The Bertz CT molecular complexity index is 1050. The number of nitrogens with zero attached hydrogens (tertiary/aromatic N) is 4. The number of sulfone groups is 1. The molecule has 8 nitrogen and oxygen atoms in total. The van der Waals surface area contributed by atoms with Gasteiger partial charge >= 0.3 is 0 Å². The van der Waals surface area contributed by atoms with Crippen molar-refractivity contribution >= 4 is 27.2 Å². The van der Waals surface area contributed by atoms with E-state index in [9.17, 15) is 18.5 Å². The number of aromatic nitrogens is 2. The van der Waals surface area contributed by atoms with Crippen LogP contribution in [-0.2, 0) is 9.84 Å². The van der Waals surface area contributed by atoms with Gasteiger partial charge in [0.1, 0.15) is 23.4 Å². The highest BCUT2D eigenvalue weighted by molar-refractivity contribution is 7.91. The first-order valence-electron chi connectivity index (χ1n) is 8.96. The topological polar surface area (TPSA) is 116 Å². The Morgan fingerprint density at radius 1 is 1.36 bits per heavy atom. The molecule has 1 aromatic heterocycles. The quantitative estimate of drug-likeness (QED) is 0.818. The summed E-state index contributed by atoms with van der Waals surface area (Å²) in [6, 6.07) is 10.3. The number of amides is 1. The van der Waals surface area contributed by atoms with E-state index in [1.165, 1.54) is 6.07 Å². The number of rotatable bonds is 5. The third kappa shape index (κ3) is 4.28. The van der Waals surface area contributed by atoms with Gasteiger partial charge in [-0.2, -0.15) is 5.26 Å². The highest BCUT2D eigenvalue weighted by Crippen LogP contribution is 2.22. The second-order valence-electron chi connectivity index (χ2n) is 6.62. The molecule has 1 fully saturated rings. The lowest BCUT2D eigenvalue weighted by atomic mass is 10.2. The predicted octanol–water partition coefficient (Wildman–Crippen LogP) is 2.05. The van der Waals surface area contributed by atoms with Crippen molar-refractivity contribution in [3.63, 3.8) is 0 Å². The molecule has 1 unspecified atom stereocenters. The fourth-order valence-corrected chi connectivity index (χ4v) is 5.04. The number of benzene rings is 1. The molecule has 0 radical (unpaired) electrons. The average molecular weight is 399 g/mol. The number of hydrogen-bond acceptors (Lipinski definition) is 7. The molecule has 1 N–H and O–H groups in total. The number of carbonyl (C=O) groups is 1. The molecule has 146 valence electrons. The molecule has 0 bridgehead atoms. The molecule has 2 aromatic rings. The minimum absolute atomic E-state index is 0.0166. The van der Waals surface area contributed by atoms with Crippen LogP contribution in [0.2, 0.25) is 0 Å². The Morgan fingerprint density at radius 3 is 2.75 bits per heavy atom. The fourth-order valence-electron chi connectivity index (χ4n) is 3.30. The summed E-state index contributed by atoms with van der Waals surface area (Å²) in [5.74, 6) is 0.553. The van der Waals surface area contributed by atoms with Gasteiger partial charge in [0.15, 0.2) is 9.84 Å². The summed E-state index contributed by atoms with van der Waals surface area (Å²) in [5.41, 5.74) is 1.23. The van der Waals surface area contributed by atoms with Gasteiger partial charge < -0.3 is 10.2 Å². The smallest absolute Gasteiger partial charge is 0.272 e. The normalized spacial score (nSPS) is 17.7. The fraction of sp³-hybridized carbons (Fsp3) is 0.368. The number of nitriles is 1. The van der Waals surface area contributed by atoms with Crippen molar-refractivity contribution < 1.29 is 13.2 Å². The molecule has 28 heavy (non-hydrogen) atoms. The van der Waals surface area contributed by atoms with Crippen LogP contribution in [0.4, 0.5) is 11.5 Å². The van der Waals surface area contributed by atoms with Crippen molar-refractivity contribution in [1.29, 1.82) is 5.26 Å². The predicted molar refractivity (Wildman–Crippen MR) is 105 cm³/mol. The van der Waals surface area contributed by atoms with Gasteiger partial charge in [-0.3, -0.25) is 4.79 Å². The van der Waals surface area contributed by atoms with Gasteiger partial charge in [0.2, 0.25) is 0 Å². The number of carbonyl (C=O) groups excluding carboxylic acids is 1. The maximum atomic E-state index is 13.0. The molecular formula is C19H21N5O3S. The minimum atomic E-state index is -3.10. The van der Waals surface area contributed by atoms with E-state index in [-0.39, 0.29) is 29.1 Å². The van der Waals surface area contributed by atoms with Gasteiger partial charge in [0.05, 0.1) is 22.8 Å². The average Bonchev–Trinajstić information content (AvgIpc) is 3.01. The summed E-state index contributed by atoms with van der Waals surface area (Å²) in [7, 11) is -3.10. The van der Waals surface area contributed by atoms with Crippen LogP contribution >= 0.6 is 0 Å². The number of nitrogens with one attached hydrogen (secondary N) is 1. The number of para-hydroxylation sites is 1. The van der Waals surface area contributed by atoms with E-state index < -0.39 is 9.84 Å². The van der Waals surface area contributed by atoms with Gasteiger partial charge in [-0.1, -0.05) is 12.1 Å². The van der Waals surface area contributed by atoms with E-state index in [2.05, 4.69) is 21.4 Å². The summed E-state index contributed by atoms with van der Waals surface area (Å²) in [5, 5.41) is 12.3. The van der Waals surface area contributed by atoms with Gasteiger partial charge in [-0.15, -0.1) is 0 Å². The molecule has 1 aliphatic heterocycles. The van der Waals surface area contributed by atoms with E-state index in [4.69, 9.17) is 0 Å². The van der Waals surface area contributed by atoms with E-state index in [0.29, 0.717) is 35.9 Å². The summed E-state index contributed by atoms with van der Waals surface area (Å²) < 4.78 is 23.6. The summed E-state index contributed by atoms with van der Waals surface area (Å²) in [6.45, 7) is 3.88. The Morgan fingerprint density at radius 2 is 2.11 bits per heavy atom. The van der Waals surface area contributed by atoms with Gasteiger partial charge in [0, 0.05) is 18.7 Å². The third-order valence-electron chi connectivity index (χ3n) is 4.62. The van der Waals surface area contributed by atoms with Crippen LogP contribution in [-0.4, -0.2) is 53.3 Å². The largest absolute Gasteiger partial charge is 0.339 e. The molecule has 0 spiro atoms. The standard InChI is InChI=1S/C19H21N5O3S/c1-3-24(15-8-9-28(26,27)12-15)19(25)17-10-18(22-13(2)21-17)23-16-7-5-4-6-14(16)11-20/h4-7,10,15H,3,8-9,12H2,1-2H3,(H,21,22,23). The van der Waals surface area contributed by atoms with E-state index in [1.54, 1.807) is 36.1 Å². The molecule has 1 atom stereocenters. The Hall–Kier alpha value is -2.99. The van der Waals surface area contributed by atoms with E-state index in [1.807, 2.05) is 6.92 Å². The molecule has 1 aliphatic rings. The second-order valence-corrected chi connectivity index (χ2v) is 8.84. The van der Waals surface area contributed by atoms with Crippen LogP contribution in [0.25, 0.3) is 0 Å². The molecule has 0 aliphatic carbocycles. The minimum Gasteiger partial charge on any atom is -0.339 e. The lowest BCUT2D eigenvalue weighted by Gasteiger charge is -2.26. The van der Waals surface area contributed by atoms with Gasteiger partial charge in [-0.05, 0) is 32.4 Å². The van der Waals surface area contributed by atoms with Crippen molar-refractivity contribution in [2.24, 2.45) is 0 Å². The number of hydrogen-bond donors (Lipinski definition) is 1. The Balaban J connectivity index is 1.88. The lowest BCUT2D eigenvalue weighted by molar-refractivity contribution is 0.0702. The van der Waals surface area contributed by atoms with Gasteiger partial charge in [0.25, 0.3) is 5.91 Å². The second kappa shape index (κ2) is 7.94. The molecule has 3 rings (SSSR count). The SMILES string of the molecule is CCN(C(=O)c1cc(Nc2ccccc2C#N)nc(C)n1)C1CCS(=O)(=O)C1. The highest BCUT2D eigenvalue weighted by atomic mass is 32.2. The monoisotopic (exact) mass is 399 g/mol. The first kappa shape index (κ1) is 19.8. The maximum Gasteiger partial charge on any atom is 0.272 e. The van der Waals surface area contributed by atoms with Crippen molar-refractivity contribution in [1.82, 2.24) is 14.9 Å². The lowest BCUT2D eigenvalue weighted by Crippen LogP contribution is -2.41. The number of anilines is 2. The van der Waals surface area contributed by atoms with Crippen molar-refractivity contribution in [3.8, 4) is 6.07 Å². The van der Waals surface area contributed by atoms with Crippen LogP contribution in [0.1, 0.15) is 35.2 Å². The molecule has 9 heteroatoms. The zero-order valence-electron chi connectivity index (χ0n) is 15.7. The molecule has 0 saturated carbocycles. The summed E-state index contributed by atoms with van der Waals surface area (Å²) in [4.78, 5) is 23.1.